The van der Waals surface area contributed by atoms with Crippen molar-refractivity contribution in [2.45, 2.75) is 51.1 Å². The van der Waals surface area contributed by atoms with Gasteiger partial charge in [0.15, 0.2) is 0 Å². The van der Waals surface area contributed by atoms with Gasteiger partial charge in [0.25, 0.3) is 0 Å². The fourth-order valence-corrected chi connectivity index (χ4v) is 3.35. The Bertz CT molecular complexity index is 624. The van der Waals surface area contributed by atoms with Crippen LogP contribution < -0.4 is 4.90 Å². The Kier molecular flexibility index (Phi) is 3.27. The largest absolute Gasteiger partial charge is 0.406 e. The molecule has 2 aliphatic rings. The Morgan fingerprint density at radius 1 is 1.41 bits per heavy atom. The first-order valence-corrected chi connectivity index (χ1v) is 7.54. The number of anilines is 1. The molecule has 0 aromatic carbocycles. The summed E-state index contributed by atoms with van der Waals surface area (Å²) >= 11 is 0. The minimum Gasteiger partial charge on any atom is -0.301 e. The normalized spacial score (nSPS) is 26.3. The highest BCUT2D eigenvalue weighted by molar-refractivity contribution is 6.07. The maximum atomic E-state index is 12.8. The van der Waals surface area contributed by atoms with Crippen molar-refractivity contribution in [1.82, 2.24) is 4.98 Å². The molecule has 0 bridgehead atoms. The molecule has 3 rings (SSSR count). The van der Waals surface area contributed by atoms with Crippen LogP contribution in [0.5, 0.6) is 0 Å². The molecule has 1 aromatic heterocycles. The quantitative estimate of drug-likeness (QED) is 0.851. The van der Waals surface area contributed by atoms with E-state index in [1.165, 1.54) is 0 Å². The summed E-state index contributed by atoms with van der Waals surface area (Å²) < 4.78 is 38.4. The van der Waals surface area contributed by atoms with E-state index in [9.17, 15) is 18.0 Å². The summed E-state index contributed by atoms with van der Waals surface area (Å²) in [5.41, 5.74) is 0.710. The minimum absolute atomic E-state index is 0.326. The van der Waals surface area contributed by atoms with E-state index in [1.807, 2.05) is 0 Å². The maximum Gasteiger partial charge on any atom is 0.406 e. The maximum absolute atomic E-state index is 12.8. The summed E-state index contributed by atoms with van der Waals surface area (Å²) in [6.07, 6.45) is -0.591. The van der Waals surface area contributed by atoms with Gasteiger partial charge in [-0.2, -0.15) is 13.2 Å². The predicted molar refractivity (Wildman–Crippen MR) is 76.8 cm³/mol. The molecule has 1 aliphatic heterocycles. The first-order chi connectivity index (χ1) is 10.1. The number of aromatic nitrogens is 1. The lowest BCUT2D eigenvalue weighted by Gasteiger charge is -2.21. The first-order valence-electron chi connectivity index (χ1n) is 7.54. The second-order valence-corrected chi connectivity index (χ2v) is 6.78. The molecule has 1 fully saturated rings. The summed E-state index contributed by atoms with van der Waals surface area (Å²) in [4.78, 5) is 17.6. The number of hydrogen-bond acceptors (Lipinski definition) is 2. The third-order valence-electron chi connectivity index (χ3n) is 4.76. The van der Waals surface area contributed by atoms with Crippen molar-refractivity contribution >= 4 is 11.6 Å². The van der Waals surface area contributed by atoms with Crippen LogP contribution >= 0.6 is 0 Å². The van der Waals surface area contributed by atoms with Gasteiger partial charge < -0.3 is 4.90 Å². The SMILES string of the molecule is CC[C@H]1C[C@@H]1c1cnc2c(c1)N(CC(F)(F)F)C(=O)C2(C)C. The highest BCUT2D eigenvalue weighted by atomic mass is 19.4. The lowest BCUT2D eigenvalue weighted by molar-refractivity contribution is -0.134. The molecule has 2 atom stereocenters. The van der Waals surface area contributed by atoms with Gasteiger partial charge in [-0.15, -0.1) is 0 Å². The van der Waals surface area contributed by atoms with E-state index in [4.69, 9.17) is 0 Å². The minimum atomic E-state index is -4.42. The average Bonchev–Trinajstić information content (AvgIpc) is 3.18. The van der Waals surface area contributed by atoms with Crippen molar-refractivity contribution in [2.75, 3.05) is 11.4 Å². The van der Waals surface area contributed by atoms with Crippen molar-refractivity contribution in [1.29, 1.82) is 0 Å². The van der Waals surface area contributed by atoms with E-state index >= 15 is 0 Å². The standard InChI is InChI=1S/C16H19F3N2O/c1-4-9-5-11(9)10-6-12-13(20-7-10)15(2,3)14(22)21(12)8-16(17,18)19/h6-7,9,11H,4-5,8H2,1-3H3/t9-,11-/m0/s1. The third kappa shape index (κ3) is 2.38. The van der Waals surface area contributed by atoms with Crippen molar-refractivity contribution < 1.29 is 18.0 Å². The molecular formula is C16H19F3N2O. The summed E-state index contributed by atoms with van der Waals surface area (Å²) in [7, 11) is 0. The molecular weight excluding hydrogens is 293 g/mol. The van der Waals surface area contributed by atoms with Gasteiger partial charge in [0.05, 0.1) is 16.8 Å². The molecule has 0 unspecified atom stereocenters. The summed E-state index contributed by atoms with van der Waals surface area (Å²) in [6.45, 7) is 4.11. The predicted octanol–water partition coefficient (Wildman–Crippen LogP) is 3.78. The van der Waals surface area contributed by atoms with Crippen LogP contribution in [-0.4, -0.2) is 23.6 Å². The summed E-state index contributed by atoms with van der Waals surface area (Å²) in [5, 5.41) is 0. The van der Waals surface area contributed by atoms with Crippen LogP contribution in [0.25, 0.3) is 0 Å². The summed E-state index contributed by atoms with van der Waals surface area (Å²) in [6, 6.07) is 1.74. The van der Waals surface area contributed by atoms with E-state index < -0.39 is 24.0 Å². The molecule has 6 heteroatoms. The second kappa shape index (κ2) is 4.70. The molecule has 22 heavy (non-hydrogen) atoms. The Balaban J connectivity index is 2.00. The smallest absolute Gasteiger partial charge is 0.301 e. The van der Waals surface area contributed by atoms with Crippen LogP contribution in [0.4, 0.5) is 18.9 Å². The number of nitrogens with zero attached hydrogens (tertiary/aromatic N) is 2. The zero-order chi connectivity index (χ0) is 16.3. The Morgan fingerprint density at radius 3 is 2.64 bits per heavy atom. The van der Waals surface area contributed by atoms with E-state index in [2.05, 4.69) is 11.9 Å². The van der Waals surface area contributed by atoms with Crippen molar-refractivity contribution in [3.8, 4) is 0 Å². The van der Waals surface area contributed by atoms with E-state index in [1.54, 1.807) is 26.1 Å². The number of pyridine rings is 1. The number of rotatable bonds is 3. The van der Waals surface area contributed by atoms with Gasteiger partial charge in [-0.25, -0.2) is 0 Å². The fourth-order valence-electron chi connectivity index (χ4n) is 3.35. The molecule has 0 N–H and O–H groups in total. The van der Waals surface area contributed by atoms with Gasteiger partial charge in [-0.3, -0.25) is 9.78 Å². The number of amides is 1. The number of hydrogen-bond donors (Lipinski definition) is 0. The molecule has 1 saturated carbocycles. The third-order valence-corrected chi connectivity index (χ3v) is 4.76. The molecule has 1 amide bonds. The second-order valence-electron chi connectivity index (χ2n) is 6.78. The van der Waals surface area contributed by atoms with Gasteiger partial charge in [0, 0.05) is 6.20 Å². The van der Waals surface area contributed by atoms with Gasteiger partial charge in [-0.05, 0) is 43.7 Å². The van der Waals surface area contributed by atoms with E-state index in [0.717, 1.165) is 23.3 Å². The molecule has 120 valence electrons. The van der Waals surface area contributed by atoms with Gasteiger partial charge in [0.2, 0.25) is 5.91 Å². The highest BCUT2D eigenvalue weighted by Crippen LogP contribution is 2.51. The van der Waals surface area contributed by atoms with Crippen LogP contribution in [0, 0.1) is 5.92 Å². The van der Waals surface area contributed by atoms with Crippen molar-refractivity contribution in [3.63, 3.8) is 0 Å². The van der Waals surface area contributed by atoms with Crippen LogP contribution in [0.2, 0.25) is 0 Å². The molecule has 2 heterocycles. The van der Waals surface area contributed by atoms with Crippen LogP contribution in [-0.2, 0) is 10.2 Å². The monoisotopic (exact) mass is 312 g/mol. The zero-order valence-electron chi connectivity index (χ0n) is 12.9. The number of carbonyl (C=O) groups is 1. The molecule has 1 aromatic rings. The van der Waals surface area contributed by atoms with Crippen molar-refractivity contribution in [2.24, 2.45) is 5.92 Å². The Labute approximate surface area is 127 Å². The highest BCUT2D eigenvalue weighted by Gasteiger charge is 2.49. The molecule has 0 radical (unpaired) electrons. The Hall–Kier alpha value is -1.59. The molecule has 0 spiro atoms. The number of halogens is 3. The van der Waals surface area contributed by atoms with Crippen molar-refractivity contribution in [3.05, 3.63) is 23.5 Å². The van der Waals surface area contributed by atoms with E-state index in [-0.39, 0.29) is 0 Å². The fraction of sp³-hybridized carbons (Fsp3) is 0.625. The van der Waals surface area contributed by atoms with E-state index in [0.29, 0.717) is 23.2 Å². The molecule has 3 nitrogen and oxygen atoms in total. The zero-order valence-corrected chi connectivity index (χ0v) is 12.9. The van der Waals surface area contributed by atoms with Gasteiger partial charge in [-0.1, -0.05) is 13.3 Å². The van der Waals surface area contributed by atoms with Crippen LogP contribution in [0.1, 0.15) is 50.8 Å². The lowest BCUT2D eigenvalue weighted by atomic mass is 9.90. The molecule has 1 aliphatic carbocycles. The number of alkyl halides is 3. The number of fused-ring (bicyclic) bond motifs is 1. The topological polar surface area (TPSA) is 33.2 Å². The average molecular weight is 312 g/mol. The summed E-state index contributed by atoms with van der Waals surface area (Å²) in [5.74, 6) is 0.419. The lowest BCUT2D eigenvalue weighted by Crippen LogP contribution is -2.41. The van der Waals surface area contributed by atoms with Crippen LogP contribution in [0.3, 0.4) is 0 Å². The van der Waals surface area contributed by atoms with Gasteiger partial charge >= 0.3 is 6.18 Å². The first kappa shape index (κ1) is 15.3. The van der Waals surface area contributed by atoms with Gasteiger partial charge in [0.1, 0.15) is 6.54 Å². The molecule has 0 saturated heterocycles. The Morgan fingerprint density at radius 2 is 2.09 bits per heavy atom. The van der Waals surface area contributed by atoms with Crippen LogP contribution in [0.15, 0.2) is 12.3 Å². The number of carbonyl (C=O) groups excluding carboxylic acids is 1.